The zero-order valence-electron chi connectivity index (χ0n) is 15.2. The average Bonchev–Trinajstić information content (AvgIpc) is 3.31. The topological polar surface area (TPSA) is 88.6 Å². The van der Waals surface area contributed by atoms with Crippen LogP contribution in [-0.4, -0.2) is 43.8 Å². The van der Waals surface area contributed by atoms with E-state index >= 15 is 0 Å². The van der Waals surface area contributed by atoms with E-state index in [0.29, 0.717) is 15.6 Å². The molecule has 30 heavy (non-hydrogen) atoms. The first-order valence-electron chi connectivity index (χ1n) is 8.18. The van der Waals surface area contributed by atoms with Crippen LogP contribution in [0, 0.1) is 0 Å². The van der Waals surface area contributed by atoms with Gasteiger partial charge in [-0.3, -0.25) is 4.79 Å². The van der Waals surface area contributed by atoms with Gasteiger partial charge >= 0.3 is 6.61 Å². The van der Waals surface area contributed by atoms with Crippen molar-refractivity contribution in [2.24, 2.45) is 0 Å². The Balaban J connectivity index is 1.68. The lowest BCUT2D eigenvalue weighted by molar-refractivity contribution is -0.116. The van der Waals surface area contributed by atoms with E-state index in [4.69, 9.17) is 11.6 Å². The Hall–Kier alpha value is -2.12. The number of aromatic nitrogens is 1. The Morgan fingerprint density at radius 2 is 2.03 bits per heavy atom. The van der Waals surface area contributed by atoms with Crippen LogP contribution < -0.4 is 10.1 Å². The minimum atomic E-state index is -3.86. The fourth-order valence-corrected chi connectivity index (χ4v) is 5.92. The number of rotatable bonds is 8. The molecule has 1 amide bonds. The normalized spacial score (nSPS) is 11.8. The van der Waals surface area contributed by atoms with E-state index in [1.807, 2.05) is 0 Å². The summed E-state index contributed by atoms with van der Waals surface area (Å²) in [5.41, 5.74) is 0.671. The van der Waals surface area contributed by atoms with Crippen molar-refractivity contribution in [2.45, 2.75) is 10.8 Å². The van der Waals surface area contributed by atoms with Crippen molar-refractivity contribution in [2.75, 3.05) is 18.9 Å². The minimum absolute atomic E-state index is 0.0231. The summed E-state index contributed by atoms with van der Waals surface area (Å²) in [5, 5.41) is 4.26. The highest BCUT2D eigenvalue weighted by atomic mass is 35.5. The predicted octanol–water partition coefficient (Wildman–Crippen LogP) is 4.39. The molecular weight excluding hydrogens is 480 g/mol. The lowest BCUT2D eigenvalue weighted by atomic mass is 10.1. The van der Waals surface area contributed by atoms with Gasteiger partial charge in [-0.15, -0.1) is 22.7 Å². The molecule has 1 N–H and O–H groups in total. The van der Waals surface area contributed by atoms with Gasteiger partial charge in [0.25, 0.3) is 10.0 Å². The van der Waals surface area contributed by atoms with Crippen LogP contribution in [0.25, 0.3) is 11.3 Å². The van der Waals surface area contributed by atoms with Crippen molar-refractivity contribution in [3.05, 3.63) is 46.1 Å². The first kappa shape index (κ1) is 22.6. The highest BCUT2D eigenvalue weighted by Gasteiger charge is 2.25. The van der Waals surface area contributed by atoms with E-state index in [1.54, 1.807) is 23.6 Å². The molecule has 0 aliphatic carbocycles. The summed E-state index contributed by atoms with van der Waals surface area (Å²) in [6.45, 7) is -3.43. The number of amides is 1. The molecule has 2 aromatic heterocycles. The van der Waals surface area contributed by atoms with Crippen LogP contribution in [0.15, 0.2) is 46.0 Å². The van der Waals surface area contributed by atoms with Crippen LogP contribution in [0.3, 0.4) is 0 Å². The number of hydrogen-bond donors (Lipinski definition) is 1. The monoisotopic (exact) mass is 493 g/mol. The molecule has 0 radical (unpaired) electrons. The van der Waals surface area contributed by atoms with Crippen molar-refractivity contribution in [1.29, 1.82) is 0 Å². The van der Waals surface area contributed by atoms with Crippen LogP contribution in [0.5, 0.6) is 5.75 Å². The summed E-state index contributed by atoms with van der Waals surface area (Å²) in [7, 11) is -2.59. The van der Waals surface area contributed by atoms with Gasteiger partial charge in [0, 0.05) is 18.0 Å². The Bertz CT molecular complexity index is 1150. The zero-order valence-corrected chi connectivity index (χ0v) is 18.4. The van der Waals surface area contributed by atoms with E-state index in [0.717, 1.165) is 27.0 Å². The maximum absolute atomic E-state index is 12.6. The molecular formula is C17H14ClF2N3O4S3. The molecule has 0 atom stereocenters. The number of carbonyl (C=O) groups is 1. The second-order valence-corrected chi connectivity index (χ2v) is 10.6. The number of para-hydroxylation sites is 1. The fourth-order valence-electron chi connectivity index (χ4n) is 2.37. The van der Waals surface area contributed by atoms with Gasteiger partial charge in [0.15, 0.2) is 5.13 Å². The number of ether oxygens (including phenoxy) is 1. The minimum Gasteiger partial charge on any atom is -0.434 e. The van der Waals surface area contributed by atoms with Crippen molar-refractivity contribution < 1.29 is 26.7 Å². The average molecular weight is 494 g/mol. The maximum atomic E-state index is 12.6. The third-order valence-electron chi connectivity index (χ3n) is 3.71. The fraction of sp³-hybridized carbons (Fsp3) is 0.176. The molecule has 7 nitrogen and oxygen atoms in total. The second kappa shape index (κ2) is 9.35. The summed E-state index contributed by atoms with van der Waals surface area (Å²) in [5.74, 6) is -0.655. The van der Waals surface area contributed by atoms with Gasteiger partial charge in [-0.2, -0.15) is 13.1 Å². The predicted molar refractivity (Wildman–Crippen MR) is 112 cm³/mol. The molecule has 0 aliphatic heterocycles. The number of sulfonamides is 1. The van der Waals surface area contributed by atoms with Gasteiger partial charge in [-0.05, 0) is 24.3 Å². The number of benzene rings is 1. The summed E-state index contributed by atoms with van der Waals surface area (Å²) < 4.78 is 55.8. The maximum Gasteiger partial charge on any atom is 0.387 e. The molecule has 0 unspecified atom stereocenters. The van der Waals surface area contributed by atoms with E-state index < -0.39 is 29.1 Å². The number of carbonyl (C=O) groups excluding carboxylic acids is 1. The molecule has 13 heteroatoms. The van der Waals surface area contributed by atoms with Crippen LogP contribution >= 0.6 is 34.3 Å². The van der Waals surface area contributed by atoms with Crippen molar-refractivity contribution >= 4 is 55.3 Å². The molecule has 0 saturated heterocycles. The number of likely N-dealkylation sites (N-methyl/N-ethyl adjacent to an activating group) is 1. The number of thiophene rings is 1. The van der Waals surface area contributed by atoms with E-state index in [1.165, 1.54) is 25.2 Å². The smallest absolute Gasteiger partial charge is 0.387 e. The van der Waals surface area contributed by atoms with Gasteiger partial charge in [-0.25, -0.2) is 13.4 Å². The molecule has 0 saturated carbocycles. The van der Waals surface area contributed by atoms with Gasteiger partial charge in [0.1, 0.15) is 9.96 Å². The molecule has 1 aromatic carbocycles. The first-order chi connectivity index (χ1) is 14.2. The summed E-state index contributed by atoms with van der Waals surface area (Å²) in [6.07, 6.45) is 0. The van der Waals surface area contributed by atoms with Gasteiger partial charge < -0.3 is 10.1 Å². The molecule has 0 bridgehead atoms. The van der Waals surface area contributed by atoms with E-state index in [9.17, 15) is 22.0 Å². The third-order valence-corrected chi connectivity index (χ3v) is 7.97. The Morgan fingerprint density at radius 1 is 1.30 bits per heavy atom. The molecule has 160 valence electrons. The zero-order chi connectivity index (χ0) is 21.9. The van der Waals surface area contributed by atoms with E-state index in [2.05, 4.69) is 15.0 Å². The van der Waals surface area contributed by atoms with Crippen molar-refractivity contribution in [1.82, 2.24) is 9.29 Å². The van der Waals surface area contributed by atoms with Crippen molar-refractivity contribution in [3.8, 4) is 17.0 Å². The van der Waals surface area contributed by atoms with Gasteiger partial charge in [0.2, 0.25) is 5.91 Å². The Morgan fingerprint density at radius 3 is 2.70 bits per heavy atom. The van der Waals surface area contributed by atoms with E-state index in [-0.39, 0.29) is 15.1 Å². The number of alkyl halides is 2. The second-order valence-electron chi connectivity index (χ2n) is 5.78. The third kappa shape index (κ3) is 5.32. The standard InChI is InChI=1S/C17H14ClF2N3O4S3/c1-23(30(25,26)15-7-6-13(18)29-15)8-14(24)22-17-21-11(9-28-17)10-4-2-3-5-12(10)27-16(19)20/h2-7,9,16H,8H2,1H3,(H,21,22,24). The summed E-state index contributed by atoms with van der Waals surface area (Å²) >= 11 is 7.73. The largest absolute Gasteiger partial charge is 0.434 e. The number of nitrogens with one attached hydrogen (secondary N) is 1. The number of anilines is 1. The molecule has 0 aliphatic rings. The Kier molecular flexibility index (Phi) is 7.03. The van der Waals surface area contributed by atoms with Crippen molar-refractivity contribution in [3.63, 3.8) is 0 Å². The lowest BCUT2D eigenvalue weighted by Gasteiger charge is -2.15. The number of thiazole rings is 1. The number of nitrogens with zero attached hydrogens (tertiary/aromatic N) is 2. The number of hydrogen-bond acceptors (Lipinski definition) is 7. The SMILES string of the molecule is CN(CC(=O)Nc1nc(-c2ccccc2OC(F)F)cs1)S(=O)(=O)c1ccc(Cl)s1. The number of halogens is 3. The quantitative estimate of drug-likeness (QED) is 0.503. The van der Waals surface area contributed by atoms with Gasteiger partial charge in [0.05, 0.1) is 16.6 Å². The van der Waals surface area contributed by atoms with Crippen LogP contribution in [-0.2, 0) is 14.8 Å². The summed E-state index contributed by atoms with van der Waals surface area (Å²) in [6, 6.07) is 8.96. The van der Waals surface area contributed by atoms with Crippen LogP contribution in [0.2, 0.25) is 4.34 Å². The summed E-state index contributed by atoms with van der Waals surface area (Å²) in [4.78, 5) is 16.5. The molecule has 2 heterocycles. The molecule has 0 fully saturated rings. The molecule has 3 aromatic rings. The lowest BCUT2D eigenvalue weighted by Crippen LogP contribution is -2.34. The molecule has 3 rings (SSSR count). The highest BCUT2D eigenvalue weighted by Crippen LogP contribution is 2.33. The first-order valence-corrected chi connectivity index (χ1v) is 11.7. The van der Waals surface area contributed by atoms with Gasteiger partial charge in [-0.1, -0.05) is 23.7 Å². The van der Waals surface area contributed by atoms with Crippen LogP contribution in [0.1, 0.15) is 0 Å². The highest BCUT2D eigenvalue weighted by molar-refractivity contribution is 7.91. The van der Waals surface area contributed by atoms with Crippen LogP contribution in [0.4, 0.5) is 13.9 Å². The Labute approximate surface area is 183 Å². The molecule has 0 spiro atoms.